The average molecular weight is 243 g/mol. The van der Waals surface area contributed by atoms with Crippen molar-refractivity contribution < 1.29 is 5.21 Å². The molecule has 0 spiro atoms. The van der Waals surface area contributed by atoms with Crippen molar-refractivity contribution in [3.05, 3.63) is 33.8 Å². The van der Waals surface area contributed by atoms with E-state index in [4.69, 9.17) is 10.9 Å². The molecule has 1 aromatic rings. The highest BCUT2D eigenvalue weighted by molar-refractivity contribution is 9.10. The van der Waals surface area contributed by atoms with Crippen molar-refractivity contribution in [2.24, 2.45) is 10.9 Å². The molecule has 13 heavy (non-hydrogen) atoms. The Balaban J connectivity index is 2.86. The summed E-state index contributed by atoms with van der Waals surface area (Å²) in [5.41, 5.74) is 7.57. The zero-order valence-corrected chi connectivity index (χ0v) is 8.87. The van der Waals surface area contributed by atoms with Gasteiger partial charge in [-0.25, -0.2) is 0 Å². The van der Waals surface area contributed by atoms with Crippen LogP contribution in [-0.4, -0.2) is 11.0 Å². The molecular formula is C9H11BrN2O. The summed E-state index contributed by atoms with van der Waals surface area (Å²) in [7, 11) is 0. The Morgan fingerprint density at radius 3 is 2.85 bits per heavy atom. The molecule has 0 aliphatic heterocycles. The van der Waals surface area contributed by atoms with Gasteiger partial charge in [0.1, 0.15) is 5.84 Å². The van der Waals surface area contributed by atoms with E-state index in [-0.39, 0.29) is 5.84 Å². The summed E-state index contributed by atoms with van der Waals surface area (Å²) in [4.78, 5) is 0. The van der Waals surface area contributed by atoms with E-state index >= 15 is 0 Å². The summed E-state index contributed by atoms with van der Waals surface area (Å²) in [6, 6.07) is 5.91. The Morgan fingerprint density at radius 2 is 2.31 bits per heavy atom. The van der Waals surface area contributed by atoms with Gasteiger partial charge < -0.3 is 10.9 Å². The van der Waals surface area contributed by atoms with Crippen LogP contribution in [-0.2, 0) is 6.42 Å². The molecule has 0 saturated heterocycles. The molecule has 0 aromatic heterocycles. The molecule has 0 unspecified atom stereocenters. The van der Waals surface area contributed by atoms with Crippen LogP contribution in [0.4, 0.5) is 0 Å². The van der Waals surface area contributed by atoms with Crippen LogP contribution in [0.25, 0.3) is 0 Å². The van der Waals surface area contributed by atoms with Gasteiger partial charge in [0, 0.05) is 10.9 Å². The molecule has 70 valence electrons. The first-order valence-corrected chi connectivity index (χ1v) is 4.64. The Kier molecular flexibility index (Phi) is 3.31. The van der Waals surface area contributed by atoms with Gasteiger partial charge in [-0.1, -0.05) is 33.2 Å². The van der Waals surface area contributed by atoms with Gasteiger partial charge in [-0.15, -0.1) is 0 Å². The van der Waals surface area contributed by atoms with Crippen molar-refractivity contribution in [1.29, 1.82) is 0 Å². The van der Waals surface area contributed by atoms with Crippen LogP contribution in [0.15, 0.2) is 27.8 Å². The summed E-state index contributed by atoms with van der Waals surface area (Å²) in [6.07, 6.45) is 0.468. The van der Waals surface area contributed by atoms with Crippen LogP contribution in [0.3, 0.4) is 0 Å². The summed E-state index contributed by atoms with van der Waals surface area (Å²) in [5.74, 6) is 0.218. The molecule has 0 saturated carbocycles. The van der Waals surface area contributed by atoms with E-state index in [1.165, 1.54) is 5.56 Å². The lowest BCUT2D eigenvalue weighted by Gasteiger charge is -2.02. The van der Waals surface area contributed by atoms with E-state index in [1.807, 2.05) is 25.1 Å². The normalized spacial score (nSPS) is 11.7. The predicted octanol–water partition coefficient (Wildman–Crippen LogP) is 2.05. The Labute approximate surface area is 85.4 Å². The third kappa shape index (κ3) is 2.73. The minimum Gasteiger partial charge on any atom is -0.409 e. The highest BCUT2D eigenvalue weighted by Crippen LogP contribution is 2.17. The third-order valence-electron chi connectivity index (χ3n) is 1.75. The van der Waals surface area contributed by atoms with Crippen LogP contribution in [0.5, 0.6) is 0 Å². The number of nitrogens with zero attached hydrogens (tertiary/aromatic N) is 1. The molecule has 3 nitrogen and oxygen atoms in total. The topological polar surface area (TPSA) is 58.6 Å². The summed E-state index contributed by atoms with van der Waals surface area (Å²) in [5, 5.41) is 11.3. The van der Waals surface area contributed by atoms with Gasteiger partial charge in [0.15, 0.2) is 0 Å². The van der Waals surface area contributed by atoms with E-state index in [9.17, 15) is 0 Å². The van der Waals surface area contributed by atoms with Crippen LogP contribution in [0.2, 0.25) is 0 Å². The number of hydrogen-bond acceptors (Lipinski definition) is 2. The summed E-state index contributed by atoms with van der Waals surface area (Å²) < 4.78 is 1.04. The lowest BCUT2D eigenvalue weighted by atomic mass is 10.1. The van der Waals surface area contributed by atoms with E-state index in [1.54, 1.807) is 0 Å². The number of benzene rings is 1. The number of oxime groups is 1. The zero-order chi connectivity index (χ0) is 9.84. The Bertz CT molecular complexity index is 336. The first kappa shape index (κ1) is 10.1. The molecule has 1 rings (SSSR count). The molecule has 4 heteroatoms. The van der Waals surface area contributed by atoms with Crippen LogP contribution >= 0.6 is 15.9 Å². The molecule has 0 aliphatic carbocycles. The largest absolute Gasteiger partial charge is 0.409 e. The van der Waals surface area contributed by atoms with Crippen LogP contribution < -0.4 is 5.73 Å². The van der Waals surface area contributed by atoms with Crippen molar-refractivity contribution in [2.45, 2.75) is 13.3 Å². The molecule has 0 bridgehead atoms. The standard InChI is InChI=1S/C9H11BrN2O/c1-6-2-3-7(4-8(6)10)5-9(11)12-13/h2-4,13H,5H2,1H3,(H2,11,12). The molecule has 0 radical (unpaired) electrons. The van der Waals surface area contributed by atoms with Gasteiger partial charge >= 0.3 is 0 Å². The number of halogens is 1. The summed E-state index contributed by atoms with van der Waals surface area (Å²) >= 11 is 3.41. The molecule has 0 fully saturated rings. The van der Waals surface area contributed by atoms with Gasteiger partial charge in [-0.2, -0.15) is 0 Å². The van der Waals surface area contributed by atoms with Gasteiger partial charge in [0.05, 0.1) is 0 Å². The Hall–Kier alpha value is -1.03. The number of hydrogen-bond donors (Lipinski definition) is 2. The second-order valence-electron chi connectivity index (χ2n) is 2.85. The molecule has 0 amide bonds. The van der Waals surface area contributed by atoms with E-state index < -0.39 is 0 Å². The molecule has 0 atom stereocenters. The van der Waals surface area contributed by atoms with Crippen LogP contribution in [0.1, 0.15) is 11.1 Å². The second-order valence-corrected chi connectivity index (χ2v) is 3.71. The number of nitrogens with two attached hydrogens (primary N) is 1. The lowest BCUT2D eigenvalue weighted by molar-refractivity contribution is 0.317. The monoisotopic (exact) mass is 242 g/mol. The van der Waals surface area contributed by atoms with E-state index in [2.05, 4.69) is 21.1 Å². The van der Waals surface area contributed by atoms with Gasteiger partial charge in [0.2, 0.25) is 0 Å². The van der Waals surface area contributed by atoms with Gasteiger partial charge in [0.25, 0.3) is 0 Å². The third-order valence-corrected chi connectivity index (χ3v) is 2.60. The lowest BCUT2D eigenvalue weighted by Crippen LogP contribution is -2.14. The van der Waals surface area contributed by atoms with E-state index in [0.29, 0.717) is 6.42 Å². The molecule has 0 aliphatic rings. The number of rotatable bonds is 2. The molecule has 1 aromatic carbocycles. The van der Waals surface area contributed by atoms with Crippen molar-refractivity contribution in [2.75, 3.05) is 0 Å². The zero-order valence-electron chi connectivity index (χ0n) is 7.29. The highest BCUT2D eigenvalue weighted by Gasteiger charge is 1.99. The van der Waals surface area contributed by atoms with E-state index in [0.717, 1.165) is 10.0 Å². The minimum absolute atomic E-state index is 0.218. The quantitative estimate of drug-likeness (QED) is 0.361. The first-order valence-electron chi connectivity index (χ1n) is 3.85. The molecular weight excluding hydrogens is 232 g/mol. The fourth-order valence-corrected chi connectivity index (χ4v) is 1.42. The van der Waals surface area contributed by atoms with Crippen molar-refractivity contribution in [3.8, 4) is 0 Å². The van der Waals surface area contributed by atoms with Gasteiger partial charge in [-0.3, -0.25) is 0 Å². The van der Waals surface area contributed by atoms with Gasteiger partial charge in [-0.05, 0) is 24.1 Å². The first-order chi connectivity index (χ1) is 6.13. The number of aryl methyl sites for hydroxylation is 1. The molecule has 0 heterocycles. The fraction of sp³-hybridized carbons (Fsp3) is 0.222. The SMILES string of the molecule is Cc1ccc(C/C(N)=N/O)cc1Br. The minimum atomic E-state index is 0.218. The smallest absolute Gasteiger partial charge is 0.143 e. The van der Waals surface area contributed by atoms with Crippen molar-refractivity contribution in [3.63, 3.8) is 0 Å². The average Bonchev–Trinajstić information content (AvgIpc) is 2.11. The maximum atomic E-state index is 8.37. The number of amidine groups is 1. The van der Waals surface area contributed by atoms with Crippen LogP contribution in [0, 0.1) is 6.92 Å². The maximum Gasteiger partial charge on any atom is 0.143 e. The Morgan fingerprint density at radius 1 is 1.62 bits per heavy atom. The fourth-order valence-electron chi connectivity index (χ4n) is 0.991. The maximum absolute atomic E-state index is 8.37. The van der Waals surface area contributed by atoms with Crippen molar-refractivity contribution in [1.82, 2.24) is 0 Å². The summed E-state index contributed by atoms with van der Waals surface area (Å²) in [6.45, 7) is 2.01. The second kappa shape index (κ2) is 4.28. The molecule has 3 N–H and O–H groups in total. The van der Waals surface area contributed by atoms with Crippen molar-refractivity contribution >= 4 is 21.8 Å². The predicted molar refractivity (Wildman–Crippen MR) is 56.0 cm³/mol. The highest BCUT2D eigenvalue weighted by atomic mass is 79.9.